The molecule has 1 atom stereocenters. The molecule has 1 heterocycles. The van der Waals surface area contributed by atoms with E-state index in [1.165, 1.54) is 26.0 Å². The Hall–Kier alpha value is -2.73. The molecule has 1 amide bonds. The molecule has 1 fully saturated rings. The molecule has 6 nitrogen and oxygen atoms in total. The Morgan fingerprint density at radius 1 is 1.07 bits per heavy atom. The molecule has 2 N–H and O–H groups in total. The van der Waals surface area contributed by atoms with Crippen LogP contribution in [0.15, 0.2) is 42.5 Å². The van der Waals surface area contributed by atoms with Gasteiger partial charge in [-0.05, 0) is 55.8 Å². The first kappa shape index (κ1) is 19.0. The number of ether oxygens (including phenoxy) is 2. The quantitative estimate of drug-likeness (QED) is 0.784. The van der Waals surface area contributed by atoms with Gasteiger partial charge in [0.25, 0.3) is 5.91 Å². The number of hydrogen-bond acceptors (Lipinski definition) is 5. The van der Waals surface area contributed by atoms with Crippen LogP contribution in [0.3, 0.4) is 0 Å². The topological polar surface area (TPSA) is 71.0 Å². The lowest BCUT2D eigenvalue weighted by molar-refractivity contribution is 0.0935. The number of phenols is 1. The summed E-state index contributed by atoms with van der Waals surface area (Å²) >= 11 is 0. The highest BCUT2D eigenvalue weighted by Crippen LogP contribution is 2.27. The molecule has 1 aliphatic rings. The number of aromatic hydroxyl groups is 1. The van der Waals surface area contributed by atoms with Crippen LogP contribution >= 0.6 is 0 Å². The molecule has 0 radical (unpaired) electrons. The van der Waals surface area contributed by atoms with E-state index < -0.39 is 0 Å². The second-order valence-electron chi connectivity index (χ2n) is 6.63. The van der Waals surface area contributed by atoms with Gasteiger partial charge in [-0.15, -0.1) is 0 Å². The number of amides is 1. The molecule has 3 rings (SSSR count). The first-order valence-corrected chi connectivity index (χ1v) is 9.15. The zero-order chi connectivity index (χ0) is 19.2. The van der Waals surface area contributed by atoms with Gasteiger partial charge in [-0.1, -0.05) is 12.1 Å². The monoisotopic (exact) mass is 370 g/mol. The van der Waals surface area contributed by atoms with Gasteiger partial charge in [-0.25, -0.2) is 0 Å². The van der Waals surface area contributed by atoms with Crippen LogP contribution in [0.1, 0.15) is 34.8 Å². The van der Waals surface area contributed by atoms with Crippen LogP contribution in [-0.4, -0.2) is 49.8 Å². The largest absolute Gasteiger partial charge is 0.507 e. The van der Waals surface area contributed by atoms with Gasteiger partial charge in [0, 0.05) is 12.6 Å². The number of carbonyl (C=O) groups excluding carboxylic acids is 1. The highest BCUT2D eigenvalue weighted by atomic mass is 16.5. The van der Waals surface area contributed by atoms with Crippen LogP contribution in [-0.2, 0) is 0 Å². The molecule has 2 aromatic carbocycles. The fourth-order valence-corrected chi connectivity index (χ4v) is 3.45. The van der Waals surface area contributed by atoms with Gasteiger partial charge in [0.2, 0.25) is 0 Å². The summed E-state index contributed by atoms with van der Waals surface area (Å²) in [7, 11) is 3.17. The molecule has 0 aromatic heterocycles. The third-order valence-corrected chi connectivity index (χ3v) is 4.99. The van der Waals surface area contributed by atoms with Crippen molar-refractivity contribution in [3.8, 4) is 17.2 Å². The van der Waals surface area contributed by atoms with E-state index in [0.29, 0.717) is 12.3 Å². The summed E-state index contributed by atoms with van der Waals surface area (Å²) < 4.78 is 10.3. The van der Waals surface area contributed by atoms with Gasteiger partial charge in [0.1, 0.15) is 17.2 Å². The lowest BCUT2D eigenvalue weighted by Gasteiger charge is -2.28. The number of hydrogen-bond donors (Lipinski definition) is 2. The Kier molecular flexibility index (Phi) is 6.19. The Morgan fingerprint density at radius 3 is 2.30 bits per heavy atom. The van der Waals surface area contributed by atoms with Crippen molar-refractivity contribution in [3.05, 3.63) is 53.6 Å². The van der Waals surface area contributed by atoms with E-state index in [1.807, 2.05) is 24.3 Å². The van der Waals surface area contributed by atoms with Crippen molar-refractivity contribution in [2.75, 3.05) is 33.9 Å². The molecule has 0 bridgehead atoms. The second-order valence-corrected chi connectivity index (χ2v) is 6.63. The average molecular weight is 370 g/mol. The molecule has 1 saturated heterocycles. The SMILES string of the molecule is COc1ccc(C(CNC(=O)c2ccc(OC)cc2O)N2CCCC2)cc1. The van der Waals surface area contributed by atoms with Crippen LogP contribution in [0.25, 0.3) is 0 Å². The van der Waals surface area contributed by atoms with Crippen molar-refractivity contribution in [3.63, 3.8) is 0 Å². The van der Waals surface area contributed by atoms with Crippen molar-refractivity contribution in [2.45, 2.75) is 18.9 Å². The normalized spacial score (nSPS) is 15.3. The number of phenolic OH excluding ortho intramolecular Hbond substituents is 1. The van der Waals surface area contributed by atoms with Crippen LogP contribution in [0.5, 0.6) is 17.2 Å². The van der Waals surface area contributed by atoms with E-state index in [2.05, 4.69) is 10.2 Å². The maximum absolute atomic E-state index is 12.6. The number of benzene rings is 2. The van der Waals surface area contributed by atoms with Gasteiger partial charge >= 0.3 is 0 Å². The minimum atomic E-state index is -0.298. The maximum atomic E-state index is 12.6. The third-order valence-electron chi connectivity index (χ3n) is 4.99. The van der Waals surface area contributed by atoms with E-state index in [-0.39, 0.29) is 23.3 Å². The first-order chi connectivity index (χ1) is 13.1. The average Bonchev–Trinajstić information content (AvgIpc) is 3.22. The number of nitrogens with one attached hydrogen (secondary N) is 1. The smallest absolute Gasteiger partial charge is 0.255 e. The number of methoxy groups -OCH3 is 2. The summed E-state index contributed by atoms with van der Waals surface area (Å²) in [6.45, 7) is 2.50. The maximum Gasteiger partial charge on any atom is 0.255 e. The Labute approximate surface area is 159 Å². The summed E-state index contributed by atoms with van der Waals surface area (Å²) in [6.07, 6.45) is 2.33. The molecular weight excluding hydrogens is 344 g/mol. The van der Waals surface area contributed by atoms with E-state index in [1.54, 1.807) is 19.2 Å². The van der Waals surface area contributed by atoms with Crippen molar-refractivity contribution < 1.29 is 19.4 Å². The van der Waals surface area contributed by atoms with E-state index in [9.17, 15) is 9.90 Å². The minimum Gasteiger partial charge on any atom is -0.507 e. The highest BCUT2D eigenvalue weighted by Gasteiger charge is 2.24. The Morgan fingerprint density at radius 2 is 1.70 bits per heavy atom. The van der Waals surface area contributed by atoms with Crippen molar-refractivity contribution in [1.82, 2.24) is 10.2 Å². The summed E-state index contributed by atoms with van der Waals surface area (Å²) in [5, 5.41) is 13.0. The molecule has 144 valence electrons. The second kappa shape index (κ2) is 8.77. The molecule has 0 aliphatic carbocycles. The van der Waals surface area contributed by atoms with Crippen molar-refractivity contribution in [2.24, 2.45) is 0 Å². The zero-order valence-corrected chi connectivity index (χ0v) is 15.8. The van der Waals surface area contributed by atoms with E-state index >= 15 is 0 Å². The van der Waals surface area contributed by atoms with E-state index in [0.717, 1.165) is 24.4 Å². The summed E-state index contributed by atoms with van der Waals surface area (Å²) in [4.78, 5) is 15.0. The highest BCUT2D eigenvalue weighted by molar-refractivity contribution is 5.97. The fourth-order valence-electron chi connectivity index (χ4n) is 3.45. The molecule has 0 saturated carbocycles. The van der Waals surface area contributed by atoms with Crippen molar-refractivity contribution in [1.29, 1.82) is 0 Å². The fraction of sp³-hybridized carbons (Fsp3) is 0.381. The molecule has 1 unspecified atom stereocenters. The van der Waals surface area contributed by atoms with Crippen LogP contribution in [0, 0.1) is 0 Å². The number of carbonyl (C=O) groups is 1. The number of likely N-dealkylation sites (tertiary alicyclic amines) is 1. The van der Waals surface area contributed by atoms with Crippen LogP contribution < -0.4 is 14.8 Å². The molecule has 1 aliphatic heterocycles. The minimum absolute atomic E-state index is 0.0859. The molecular formula is C21H26N2O4. The lowest BCUT2D eigenvalue weighted by atomic mass is 10.0. The number of rotatable bonds is 7. The summed E-state index contributed by atoms with van der Waals surface area (Å²) in [5.74, 6) is 0.935. The summed E-state index contributed by atoms with van der Waals surface area (Å²) in [6, 6.07) is 12.7. The van der Waals surface area contributed by atoms with Gasteiger partial charge in [0.15, 0.2) is 0 Å². The zero-order valence-electron chi connectivity index (χ0n) is 15.8. The standard InChI is InChI=1S/C21H26N2O4/c1-26-16-7-5-15(6-8-16)19(23-11-3-4-12-23)14-22-21(25)18-10-9-17(27-2)13-20(18)24/h5-10,13,19,24H,3-4,11-12,14H2,1-2H3,(H,22,25). The first-order valence-electron chi connectivity index (χ1n) is 9.15. The van der Waals surface area contributed by atoms with Gasteiger partial charge in [-0.3, -0.25) is 9.69 Å². The van der Waals surface area contributed by atoms with Crippen molar-refractivity contribution >= 4 is 5.91 Å². The molecule has 6 heteroatoms. The third kappa shape index (κ3) is 4.52. The molecule has 0 spiro atoms. The lowest BCUT2D eigenvalue weighted by Crippen LogP contribution is -2.36. The Bertz CT molecular complexity index is 770. The molecule has 2 aromatic rings. The summed E-state index contributed by atoms with van der Waals surface area (Å²) in [5.41, 5.74) is 1.38. The van der Waals surface area contributed by atoms with E-state index in [4.69, 9.17) is 9.47 Å². The Balaban J connectivity index is 1.73. The molecule has 27 heavy (non-hydrogen) atoms. The number of nitrogens with zero attached hydrogens (tertiary/aromatic N) is 1. The van der Waals surface area contributed by atoms with Crippen LogP contribution in [0.4, 0.5) is 0 Å². The van der Waals surface area contributed by atoms with Gasteiger partial charge < -0.3 is 19.9 Å². The predicted octanol–water partition coefficient (Wildman–Crippen LogP) is 2.98. The van der Waals surface area contributed by atoms with Gasteiger partial charge in [0.05, 0.1) is 25.8 Å². The predicted molar refractivity (Wildman–Crippen MR) is 104 cm³/mol. The van der Waals surface area contributed by atoms with Gasteiger partial charge in [-0.2, -0.15) is 0 Å². The van der Waals surface area contributed by atoms with Crippen LogP contribution in [0.2, 0.25) is 0 Å².